The number of rotatable bonds is 6. The SMILES string of the molecule is CC(C)CCOC(=O)c1cc(N([O-])[O-])cc(N(O)O)c1. The topological polar surface area (TPSA) is 119 Å². The molecule has 20 heavy (non-hydrogen) atoms. The maximum absolute atomic E-state index is 11.7. The van der Waals surface area contributed by atoms with Crippen LogP contribution in [0, 0.1) is 16.3 Å². The summed E-state index contributed by atoms with van der Waals surface area (Å²) in [4.78, 5) is 11.7. The summed E-state index contributed by atoms with van der Waals surface area (Å²) in [6.45, 7) is 4.12. The standard InChI is InChI=1S/C12H16N2O6/c1-8(2)3-4-20-12(15)9-5-10(13(16)17)7-11(6-9)14(18)19/h5-8,16-17H,3-4H2,1-2H3/q-2. The van der Waals surface area contributed by atoms with Gasteiger partial charge in [-0.15, -0.1) is 5.23 Å². The molecule has 0 atom stereocenters. The number of anilines is 2. The first-order chi connectivity index (χ1) is 9.31. The molecule has 0 aliphatic rings. The second-order valence-corrected chi connectivity index (χ2v) is 4.60. The molecule has 1 aromatic carbocycles. The zero-order chi connectivity index (χ0) is 15.3. The van der Waals surface area contributed by atoms with Crippen LogP contribution < -0.4 is 10.5 Å². The molecule has 0 fully saturated rings. The summed E-state index contributed by atoms with van der Waals surface area (Å²) in [5.74, 6) is -0.397. The number of carbonyl (C=O) groups excluding carboxylic acids is 1. The number of nitrogens with zero attached hydrogens (tertiary/aromatic N) is 2. The van der Waals surface area contributed by atoms with Crippen molar-refractivity contribution in [3.05, 3.63) is 34.2 Å². The van der Waals surface area contributed by atoms with E-state index in [0.29, 0.717) is 12.3 Å². The highest BCUT2D eigenvalue weighted by atomic mass is 16.8. The summed E-state index contributed by atoms with van der Waals surface area (Å²) >= 11 is 0. The highest BCUT2D eigenvalue weighted by Crippen LogP contribution is 2.24. The molecule has 0 unspecified atom stereocenters. The first-order valence-electron chi connectivity index (χ1n) is 5.95. The molecule has 1 rings (SSSR count). The lowest BCUT2D eigenvalue weighted by Crippen LogP contribution is -2.15. The van der Waals surface area contributed by atoms with Crippen molar-refractivity contribution in [2.75, 3.05) is 17.1 Å². The van der Waals surface area contributed by atoms with Gasteiger partial charge in [0.15, 0.2) is 0 Å². The van der Waals surface area contributed by atoms with E-state index < -0.39 is 16.9 Å². The molecule has 0 aliphatic heterocycles. The lowest BCUT2D eigenvalue weighted by Gasteiger charge is -2.38. The lowest BCUT2D eigenvalue weighted by molar-refractivity contribution is 0.0291. The van der Waals surface area contributed by atoms with Gasteiger partial charge in [-0.3, -0.25) is 10.4 Å². The van der Waals surface area contributed by atoms with Crippen molar-refractivity contribution in [2.24, 2.45) is 5.92 Å². The number of ether oxygens (including phenoxy) is 1. The number of carbonyl (C=O) groups is 1. The normalized spacial score (nSPS) is 10.6. The summed E-state index contributed by atoms with van der Waals surface area (Å²) in [7, 11) is 0. The largest absolute Gasteiger partial charge is 0.769 e. The van der Waals surface area contributed by atoms with Crippen LogP contribution in [0.5, 0.6) is 0 Å². The zero-order valence-corrected chi connectivity index (χ0v) is 11.1. The van der Waals surface area contributed by atoms with Crippen LogP contribution in [0.1, 0.15) is 30.6 Å². The fraction of sp³-hybridized carbons (Fsp3) is 0.417. The molecule has 0 radical (unpaired) electrons. The van der Waals surface area contributed by atoms with E-state index >= 15 is 0 Å². The van der Waals surface area contributed by atoms with Crippen LogP contribution in [0.2, 0.25) is 0 Å². The predicted octanol–water partition coefficient (Wildman–Crippen LogP) is 2.28. The highest BCUT2D eigenvalue weighted by molar-refractivity contribution is 5.92. The first kappa shape index (κ1) is 16.2. The van der Waals surface area contributed by atoms with Crippen LogP contribution in [0.25, 0.3) is 0 Å². The third-order valence-corrected chi connectivity index (χ3v) is 2.51. The number of esters is 1. The maximum atomic E-state index is 11.7. The Morgan fingerprint density at radius 1 is 1.25 bits per heavy atom. The Balaban J connectivity index is 2.90. The molecule has 0 aromatic heterocycles. The fourth-order valence-corrected chi connectivity index (χ4v) is 1.40. The van der Waals surface area contributed by atoms with E-state index in [2.05, 4.69) is 0 Å². The van der Waals surface area contributed by atoms with Gasteiger partial charge < -0.3 is 20.4 Å². The van der Waals surface area contributed by atoms with Crippen LogP contribution in [0.15, 0.2) is 18.2 Å². The van der Waals surface area contributed by atoms with Crippen LogP contribution in [-0.2, 0) is 4.74 Å². The Kier molecular flexibility index (Phi) is 5.71. The Hall–Kier alpha value is -1.87. The molecule has 0 saturated carbocycles. The van der Waals surface area contributed by atoms with Gasteiger partial charge >= 0.3 is 5.97 Å². The average molecular weight is 284 g/mol. The second-order valence-electron chi connectivity index (χ2n) is 4.60. The van der Waals surface area contributed by atoms with Gasteiger partial charge in [0.25, 0.3) is 0 Å². The van der Waals surface area contributed by atoms with Crippen molar-refractivity contribution in [2.45, 2.75) is 20.3 Å². The molecular formula is C12H16N2O6-2. The third-order valence-electron chi connectivity index (χ3n) is 2.51. The van der Waals surface area contributed by atoms with Gasteiger partial charge in [0.05, 0.1) is 17.9 Å². The molecule has 8 heteroatoms. The molecular weight excluding hydrogens is 268 g/mol. The van der Waals surface area contributed by atoms with Crippen LogP contribution >= 0.6 is 0 Å². The number of hydrogen-bond donors (Lipinski definition) is 2. The Bertz CT molecular complexity index is 435. The van der Waals surface area contributed by atoms with Gasteiger partial charge in [-0.05, 0) is 30.5 Å². The minimum absolute atomic E-state index is 0.119. The average Bonchev–Trinajstić information content (AvgIpc) is 2.37. The zero-order valence-electron chi connectivity index (χ0n) is 11.1. The molecule has 8 nitrogen and oxygen atoms in total. The van der Waals surface area contributed by atoms with E-state index in [0.717, 1.165) is 18.2 Å². The Morgan fingerprint density at radius 3 is 2.35 bits per heavy atom. The van der Waals surface area contributed by atoms with Gasteiger partial charge in [0.2, 0.25) is 0 Å². The first-order valence-corrected chi connectivity index (χ1v) is 5.95. The van der Waals surface area contributed by atoms with Gasteiger partial charge in [0.1, 0.15) is 0 Å². The van der Waals surface area contributed by atoms with Crippen molar-refractivity contribution < 1.29 is 19.9 Å². The monoisotopic (exact) mass is 284 g/mol. The minimum atomic E-state index is -0.752. The molecule has 0 aliphatic carbocycles. The summed E-state index contributed by atoms with van der Waals surface area (Å²) in [6, 6.07) is 3.03. The molecule has 0 amide bonds. The van der Waals surface area contributed by atoms with Crippen molar-refractivity contribution in [1.29, 1.82) is 0 Å². The molecule has 0 heterocycles. The van der Waals surface area contributed by atoms with Crippen molar-refractivity contribution in [3.8, 4) is 0 Å². The highest BCUT2D eigenvalue weighted by Gasteiger charge is 2.12. The summed E-state index contributed by atoms with van der Waals surface area (Å²) in [5, 5.41) is 38.2. The van der Waals surface area contributed by atoms with E-state index in [9.17, 15) is 15.2 Å². The van der Waals surface area contributed by atoms with Gasteiger partial charge in [-0.1, -0.05) is 13.8 Å². The summed E-state index contributed by atoms with van der Waals surface area (Å²) in [5.41, 5.74) is -0.854. The smallest absolute Gasteiger partial charge is 0.338 e. The van der Waals surface area contributed by atoms with Crippen molar-refractivity contribution in [3.63, 3.8) is 0 Å². The Labute approximate surface area is 115 Å². The van der Waals surface area contributed by atoms with Crippen LogP contribution in [0.4, 0.5) is 11.4 Å². The van der Waals surface area contributed by atoms with E-state index in [1.54, 1.807) is 0 Å². The molecule has 0 saturated heterocycles. The summed E-state index contributed by atoms with van der Waals surface area (Å²) < 4.78 is 4.97. The second kappa shape index (κ2) is 7.06. The fourth-order valence-electron chi connectivity index (χ4n) is 1.40. The van der Waals surface area contributed by atoms with Crippen LogP contribution in [0.3, 0.4) is 0 Å². The molecule has 0 bridgehead atoms. The number of benzene rings is 1. The quantitative estimate of drug-likeness (QED) is 0.603. The number of hydrogen-bond acceptors (Lipinski definition) is 8. The molecule has 112 valence electrons. The van der Waals surface area contributed by atoms with E-state index in [4.69, 9.17) is 15.2 Å². The lowest BCUT2D eigenvalue weighted by atomic mass is 10.1. The van der Waals surface area contributed by atoms with Crippen LogP contribution in [-0.4, -0.2) is 23.0 Å². The van der Waals surface area contributed by atoms with Crippen molar-refractivity contribution in [1.82, 2.24) is 0 Å². The summed E-state index contributed by atoms with van der Waals surface area (Å²) in [6.07, 6.45) is 0.666. The molecule has 0 spiro atoms. The predicted molar refractivity (Wildman–Crippen MR) is 71.4 cm³/mol. The van der Waals surface area contributed by atoms with Crippen molar-refractivity contribution >= 4 is 17.3 Å². The van der Waals surface area contributed by atoms with Gasteiger partial charge in [0, 0.05) is 5.69 Å². The van der Waals surface area contributed by atoms with E-state index in [1.165, 1.54) is 0 Å². The van der Waals surface area contributed by atoms with E-state index in [-0.39, 0.29) is 23.1 Å². The Morgan fingerprint density at radius 2 is 1.85 bits per heavy atom. The molecule has 1 aromatic rings. The molecule has 2 N–H and O–H groups in total. The van der Waals surface area contributed by atoms with Gasteiger partial charge in [-0.2, -0.15) is 0 Å². The van der Waals surface area contributed by atoms with Gasteiger partial charge in [-0.25, -0.2) is 4.79 Å². The minimum Gasteiger partial charge on any atom is -0.769 e. The van der Waals surface area contributed by atoms with E-state index in [1.807, 2.05) is 13.8 Å². The third kappa shape index (κ3) is 4.67. The maximum Gasteiger partial charge on any atom is 0.338 e.